The third kappa shape index (κ3) is 2.64. The molecule has 0 unspecified atom stereocenters. The Hall–Kier alpha value is -1.93. The second kappa shape index (κ2) is 4.82. The number of carboxylic acid groups (broad SMARTS) is 1. The van der Waals surface area contributed by atoms with E-state index in [1.54, 1.807) is 0 Å². The predicted molar refractivity (Wildman–Crippen MR) is 75.8 cm³/mol. The molecule has 1 aliphatic rings. The average molecular weight is 293 g/mol. The lowest BCUT2D eigenvalue weighted by Crippen LogP contribution is -2.41. The monoisotopic (exact) mass is 293 g/mol. The number of nitro groups is 1. The number of benzene rings is 1. The normalized spacial score (nSPS) is 19.5. The van der Waals surface area contributed by atoms with E-state index in [0.717, 1.165) is 6.07 Å². The first-order valence-electron chi connectivity index (χ1n) is 6.42. The van der Waals surface area contributed by atoms with E-state index in [9.17, 15) is 20.0 Å². The van der Waals surface area contributed by atoms with Gasteiger partial charge in [-0.1, -0.05) is 6.07 Å². The molecule has 0 spiro atoms. The smallest absolute Gasteiger partial charge is 0.478 e. The van der Waals surface area contributed by atoms with Gasteiger partial charge in [0, 0.05) is 12.1 Å². The number of hydrogen-bond donors (Lipinski definition) is 1. The van der Waals surface area contributed by atoms with Crippen LogP contribution in [-0.2, 0) is 9.31 Å². The Bertz CT molecular complexity index is 597. The molecular weight excluding hydrogens is 277 g/mol. The number of rotatable bonds is 3. The van der Waals surface area contributed by atoms with Crippen molar-refractivity contribution in [3.05, 3.63) is 33.9 Å². The minimum absolute atomic E-state index is 0.192. The van der Waals surface area contributed by atoms with Crippen LogP contribution in [0.1, 0.15) is 38.1 Å². The average Bonchev–Trinajstić information content (AvgIpc) is 2.57. The van der Waals surface area contributed by atoms with Gasteiger partial charge in [0.05, 0.1) is 21.7 Å². The molecule has 21 heavy (non-hydrogen) atoms. The van der Waals surface area contributed by atoms with Gasteiger partial charge in [0.15, 0.2) is 0 Å². The van der Waals surface area contributed by atoms with Crippen LogP contribution in [0, 0.1) is 10.1 Å². The highest BCUT2D eigenvalue weighted by atomic mass is 16.7. The molecule has 7 nitrogen and oxygen atoms in total. The fourth-order valence-electron chi connectivity index (χ4n) is 2.02. The van der Waals surface area contributed by atoms with E-state index in [0.29, 0.717) is 0 Å². The first kappa shape index (κ1) is 15.5. The maximum absolute atomic E-state index is 11.3. The molecule has 1 aliphatic heterocycles. The van der Waals surface area contributed by atoms with Crippen molar-refractivity contribution in [3.8, 4) is 0 Å². The molecule has 1 N–H and O–H groups in total. The van der Waals surface area contributed by atoms with Gasteiger partial charge >= 0.3 is 13.1 Å². The molecule has 0 saturated carbocycles. The number of non-ortho nitro benzene ring substituents is 1. The molecule has 1 heterocycles. The predicted octanol–water partition coefficient (Wildman–Crippen LogP) is 1.59. The number of nitrogens with zero attached hydrogens (tertiary/aromatic N) is 1. The second-order valence-corrected chi connectivity index (χ2v) is 5.92. The molecule has 0 radical (unpaired) electrons. The van der Waals surface area contributed by atoms with Crippen LogP contribution in [0.5, 0.6) is 0 Å². The molecule has 1 fully saturated rings. The Morgan fingerprint density at radius 2 is 1.76 bits per heavy atom. The number of carbonyl (C=O) groups is 1. The zero-order chi connectivity index (χ0) is 16.0. The highest BCUT2D eigenvalue weighted by molar-refractivity contribution is 6.63. The zero-order valence-corrected chi connectivity index (χ0v) is 12.2. The third-order valence-corrected chi connectivity index (χ3v) is 3.99. The summed E-state index contributed by atoms with van der Waals surface area (Å²) in [6.45, 7) is 7.38. The van der Waals surface area contributed by atoms with Crippen LogP contribution < -0.4 is 5.46 Å². The molecule has 0 amide bonds. The Morgan fingerprint density at radius 3 is 2.19 bits per heavy atom. The van der Waals surface area contributed by atoms with Crippen molar-refractivity contribution >= 4 is 24.2 Å². The largest absolute Gasteiger partial charge is 0.495 e. The number of hydrogen-bond acceptors (Lipinski definition) is 5. The Labute approximate surface area is 122 Å². The van der Waals surface area contributed by atoms with Gasteiger partial charge in [-0.3, -0.25) is 10.1 Å². The van der Waals surface area contributed by atoms with E-state index in [2.05, 4.69) is 0 Å². The fourth-order valence-corrected chi connectivity index (χ4v) is 2.02. The fraction of sp³-hybridized carbons (Fsp3) is 0.462. The summed E-state index contributed by atoms with van der Waals surface area (Å²) in [5, 5.41) is 20.0. The van der Waals surface area contributed by atoms with Crippen LogP contribution in [0.3, 0.4) is 0 Å². The van der Waals surface area contributed by atoms with Crippen molar-refractivity contribution in [2.24, 2.45) is 0 Å². The molecule has 0 aliphatic carbocycles. The lowest BCUT2D eigenvalue weighted by molar-refractivity contribution is -0.384. The van der Waals surface area contributed by atoms with Crippen LogP contribution in [0.15, 0.2) is 18.2 Å². The summed E-state index contributed by atoms with van der Waals surface area (Å²) in [6, 6.07) is 3.62. The van der Waals surface area contributed by atoms with Crippen molar-refractivity contribution < 1.29 is 24.1 Å². The van der Waals surface area contributed by atoms with Gasteiger partial charge in [-0.25, -0.2) is 4.79 Å². The quantitative estimate of drug-likeness (QED) is 0.516. The zero-order valence-electron chi connectivity index (χ0n) is 12.2. The molecule has 1 saturated heterocycles. The van der Waals surface area contributed by atoms with Crippen LogP contribution in [0.25, 0.3) is 0 Å². The molecule has 2 rings (SSSR count). The van der Waals surface area contributed by atoms with E-state index in [1.165, 1.54) is 12.1 Å². The van der Waals surface area contributed by atoms with Gasteiger partial charge in [0.25, 0.3) is 5.69 Å². The van der Waals surface area contributed by atoms with Gasteiger partial charge < -0.3 is 14.4 Å². The van der Waals surface area contributed by atoms with Crippen molar-refractivity contribution in [3.63, 3.8) is 0 Å². The number of carboxylic acids is 1. The lowest BCUT2D eigenvalue weighted by atomic mass is 9.75. The molecule has 0 bridgehead atoms. The number of aromatic carboxylic acids is 1. The summed E-state index contributed by atoms with van der Waals surface area (Å²) >= 11 is 0. The Balaban J connectivity index is 2.46. The Kier molecular flexibility index (Phi) is 3.55. The molecule has 112 valence electrons. The molecular formula is C13H16BNO6. The van der Waals surface area contributed by atoms with Crippen molar-refractivity contribution in [2.45, 2.75) is 38.9 Å². The summed E-state index contributed by atoms with van der Waals surface area (Å²) < 4.78 is 11.6. The summed E-state index contributed by atoms with van der Waals surface area (Å²) in [4.78, 5) is 21.5. The molecule has 8 heteroatoms. The van der Waals surface area contributed by atoms with E-state index < -0.39 is 29.2 Å². The molecule has 0 aromatic heterocycles. The first-order valence-corrected chi connectivity index (χ1v) is 6.42. The standard InChI is InChI=1S/C13H16BNO6/c1-12(2)13(3,4)21-14(20-12)10-6-5-8(15(18)19)7-9(10)11(16)17/h5-7H,1-4H3,(H,16,17). The minimum Gasteiger partial charge on any atom is -0.478 e. The van der Waals surface area contributed by atoms with Gasteiger partial charge in [-0.15, -0.1) is 0 Å². The maximum Gasteiger partial charge on any atom is 0.495 e. The molecule has 1 aromatic rings. The maximum atomic E-state index is 11.3. The highest BCUT2D eigenvalue weighted by Crippen LogP contribution is 2.36. The summed E-state index contributed by atoms with van der Waals surface area (Å²) in [5.74, 6) is -1.26. The van der Waals surface area contributed by atoms with Crippen LogP contribution in [0.4, 0.5) is 5.69 Å². The number of nitro benzene ring substituents is 1. The summed E-state index contributed by atoms with van der Waals surface area (Å²) in [5.41, 5.74) is -1.44. The van der Waals surface area contributed by atoms with E-state index in [-0.39, 0.29) is 16.7 Å². The van der Waals surface area contributed by atoms with E-state index >= 15 is 0 Å². The van der Waals surface area contributed by atoms with Gasteiger partial charge in [-0.05, 0) is 33.2 Å². The highest BCUT2D eigenvalue weighted by Gasteiger charge is 2.52. The second-order valence-electron chi connectivity index (χ2n) is 5.92. The van der Waals surface area contributed by atoms with Crippen LogP contribution >= 0.6 is 0 Å². The third-order valence-electron chi connectivity index (χ3n) is 3.99. The van der Waals surface area contributed by atoms with Crippen molar-refractivity contribution in [1.29, 1.82) is 0 Å². The summed E-state index contributed by atoms with van der Waals surface area (Å²) in [7, 11) is -0.873. The SMILES string of the molecule is CC1(C)OB(c2ccc([N+](=O)[O-])cc2C(=O)O)OC1(C)C. The van der Waals surface area contributed by atoms with Gasteiger partial charge in [0.1, 0.15) is 0 Å². The van der Waals surface area contributed by atoms with Gasteiger partial charge in [0.2, 0.25) is 0 Å². The van der Waals surface area contributed by atoms with E-state index in [1.807, 2.05) is 27.7 Å². The Morgan fingerprint density at radius 1 is 1.24 bits per heavy atom. The van der Waals surface area contributed by atoms with Crippen LogP contribution in [-0.4, -0.2) is 34.3 Å². The topological polar surface area (TPSA) is 98.9 Å². The molecule has 1 aromatic carbocycles. The van der Waals surface area contributed by atoms with E-state index in [4.69, 9.17) is 9.31 Å². The van der Waals surface area contributed by atoms with Crippen molar-refractivity contribution in [1.82, 2.24) is 0 Å². The van der Waals surface area contributed by atoms with Crippen LogP contribution in [0.2, 0.25) is 0 Å². The van der Waals surface area contributed by atoms with Crippen molar-refractivity contribution in [2.75, 3.05) is 0 Å². The summed E-state index contributed by atoms with van der Waals surface area (Å²) in [6.07, 6.45) is 0. The first-order chi connectivity index (χ1) is 9.55. The van der Waals surface area contributed by atoms with Gasteiger partial charge in [-0.2, -0.15) is 0 Å². The lowest BCUT2D eigenvalue weighted by Gasteiger charge is -2.32. The molecule has 0 atom stereocenters. The minimum atomic E-state index is -1.26.